The van der Waals surface area contributed by atoms with Crippen LogP contribution in [0.15, 0.2) is 61.1 Å². The highest BCUT2D eigenvalue weighted by Gasteiger charge is 2.31. The maximum absolute atomic E-state index is 12.4. The fourth-order valence-corrected chi connectivity index (χ4v) is 3.20. The van der Waals surface area contributed by atoms with Crippen LogP contribution in [-0.2, 0) is 0 Å². The van der Waals surface area contributed by atoms with Crippen LogP contribution in [-0.4, -0.2) is 27.0 Å². The van der Waals surface area contributed by atoms with Gasteiger partial charge in [-0.05, 0) is 29.8 Å². The molecule has 2 aromatic heterocycles. The molecule has 12 heteroatoms. The second kappa shape index (κ2) is 8.39. The van der Waals surface area contributed by atoms with E-state index in [2.05, 4.69) is 31.5 Å². The van der Waals surface area contributed by atoms with Crippen LogP contribution in [0.5, 0.6) is 5.75 Å². The summed E-state index contributed by atoms with van der Waals surface area (Å²) in [5.41, 5.74) is 8.51. The fraction of sp³-hybridized carbons (Fsp3) is 0.0476. The Labute approximate surface area is 184 Å². The van der Waals surface area contributed by atoms with E-state index in [0.29, 0.717) is 27.9 Å². The summed E-state index contributed by atoms with van der Waals surface area (Å²) in [5.74, 6) is -0.249. The smallest absolute Gasteiger partial charge is 0.406 e. The fourth-order valence-electron chi connectivity index (χ4n) is 3.20. The number of nitrogens with one attached hydrogen (secondary N) is 2. The largest absolute Gasteiger partial charge is 0.573 e. The van der Waals surface area contributed by atoms with Crippen LogP contribution in [0.3, 0.4) is 0 Å². The number of aromatic nitrogens is 3. The van der Waals surface area contributed by atoms with Crippen molar-refractivity contribution in [1.82, 2.24) is 14.6 Å². The van der Waals surface area contributed by atoms with Gasteiger partial charge < -0.3 is 21.1 Å². The van der Waals surface area contributed by atoms with Crippen LogP contribution < -0.4 is 21.1 Å². The van der Waals surface area contributed by atoms with Crippen molar-refractivity contribution in [2.24, 2.45) is 0 Å². The SMILES string of the molecule is N#Cc1cn2ncnc(N)c2c1-c1ccc(NC(=O)Nc2cccc(OC(F)(F)F)c2)cc1. The molecule has 0 radical (unpaired) electrons. The summed E-state index contributed by atoms with van der Waals surface area (Å²) in [7, 11) is 0. The molecular weight excluding hydrogens is 439 g/mol. The molecule has 4 aromatic rings. The van der Waals surface area contributed by atoms with Gasteiger partial charge in [-0.3, -0.25) is 0 Å². The molecule has 4 rings (SSSR count). The van der Waals surface area contributed by atoms with Crippen LogP contribution in [0.25, 0.3) is 16.6 Å². The summed E-state index contributed by atoms with van der Waals surface area (Å²) in [4.78, 5) is 16.2. The minimum atomic E-state index is -4.84. The molecule has 0 bridgehead atoms. The number of ether oxygens (including phenoxy) is 1. The molecule has 33 heavy (non-hydrogen) atoms. The molecule has 0 atom stereocenters. The van der Waals surface area contributed by atoms with Crippen molar-refractivity contribution < 1.29 is 22.7 Å². The minimum absolute atomic E-state index is 0.111. The lowest BCUT2D eigenvalue weighted by Crippen LogP contribution is -2.20. The normalized spacial score (nSPS) is 11.1. The molecular formula is C21H14F3N7O2. The highest BCUT2D eigenvalue weighted by Crippen LogP contribution is 2.32. The van der Waals surface area contributed by atoms with E-state index in [9.17, 15) is 23.2 Å². The van der Waals surface area contributed by atoms with Crippen LogP contribution in [0.4, 0.5) is 35.2 Å². The number of rotatable bonds is 4. The average molecular weight is 453 g/mol. The van der Waals surface area contributed by atoms with Gasteiger partial charge in [0.15, 0.2) is 5.82 Å². The van der Waals surface area contributed by atoms with Gasteiger partial charge in [-0.1, -0.05) is 18.2 Å². The molecule has 0 spiro atoms. The number of benzene rings is 2. The molecule has 166 valence electrons. The Bertz CT molecular complexity index is 1380. The Morgan fingerprint density at radius 2 is 1.85 bits per heavy atom. The molecule has 2 amide bonds. The number of nitrogens with zero attached hydrogens (tertiary/aromatic N) is 4. The zero-order valence-corrected chi connectivity index (χ0v) is 16.6. The molecule has 0 aliphatic carbocycles. The number of fused-ring (bicyclic) bond motifs is 1. The molecule has 0 saturated heterocycles. The summed E-state index contributed by atoms with van der Waals surface area (Å²) in [6, 6.07) is 12.9. The predicted octanol–water partition coefficient (Wildman–Crippen LogP) is 4.39. The van der Waals surface area contributed by atoms with Gasteiger partial charge in [-0.15, -0.1) is 13.2 Å². The summed E-state index contributed by atoms with van der Waals surface area (Å²) < 4.78 is 42.4. The van der Waals surface area contributed by atoms with Crippen molar-refractivity contribution in [3.8, 4) is 22.9 Å². The maximum atomic E-state index is 12.4. The Morgan fingerprint density at radius 1 is 1.12 bits per heavy atom. The molecule has 0 aliphatic heterocycles. The Morgan fingerprint density at radius 3 is 2.55 bits per heavy atom. The van der Waals surface area contributed by atoms with Gasteiger partial charge in [0.1, 0.15) is 23.7 Å². The number of halogens is 3. The zero-order chi connectivity index (χ0) is 23.6. The molecule has 9 nitrogen and oxygen atoms in total. The molecule has 2 aromatic carbocycles. The van der Waals surface area contributed by atoms with Gasteiger partial charge in [-0.2, -0.15) is 10.4 Å². The molecule has 0 aliphatic rings. The maximum Gasteiger partial charge on any atom is 0.573 e. The van der Waals surface area contributed by atoms with Crippen molar-refractivity contribution in [2.75, 3.05) is 16.4 Å². The first-order valence-electron chi connectivity index (χ1n) is 9.29. The Kier molecular flexibility index (Phi) is 5.45. The first-order chi connectivity index (χ1) is 15.7. The third kappa shape index (κ3) is 4.77. The first-order valence-corrected chi connectivity index (χ1v) is 9.29. The highest BCUT2D eigenvalue weighted by atomic mass is 19.4. The van der Waals surface area contributed by atoms with Gasteiger partial charge in [0.05, 0.1) is 5.56 Å². The van der Waals surface area contributed by atoms with Crippen LogP contribution in [0, 0.1) is 11.3 Å². The van der Waals surface area contributed by atoms with Gasteiger partial charge in [0.25, 0.3) is 0 Å². The van der Waals surface area contributed by atoms with Crippen molar-refractivity contribution in [1.29, 1.82) is 5.26 Å². The summed E-state index contributed by atoms with van der Waals surface area (Å²) in [6.07, 6.45) is -2.01. The molecule has 0 unspecified atom stereocenters. The standard InChI is InChI=1S/C21H14F3N7O2/c22-21(23,24)33-16-3-1-2-15(8-16)30-20(32)29-14-6-4-12(5-7-14)17-13(9-25)10-31-18(17)19(26)27-11-28-31/h1-8,10-11H,(H2,26,27,28)(H2,29,30,32). The second-order valence-corrected chi connectivity index (χ2v) is 6.70. The highest BCUT2D eigenvalue weighted by molar-refractivity contribution is 6.00. The third-order valence-electron chi connectivity index (χ3n) is 4.48. The lowest BCUT2D eigenvalue weighted by Gasteiger charge is -2.11. The van der Waals surface area contributed by atoms with E-state index in [0.717, 1.165) is 12.1 Å². The molecule has 4 N–H and O–H groups in total. The summed E-state index contributed by atoms with van der Waals surface area (Å²) in [6.45, 7) is 0. The van der Waals surface area contributed by atoms with Gasteiger partial charge in [0, 0.05) is 29.2 Å². The van der Waals surface area contributed by atoms with Crippen LogP contribution >= 0.6 is 0 Å². The number of nitrogens with two attached hydrogens (primary N) is 1. The number of urea groups is 1. The summed E-state index contributed by atoms with van der Waals surface area (Å²) >= 11 is 0. The number of nitrogen functional groups attached to an aromatic ring is 1. The minimum Gasteiger partial charge on any atom is -0.406 e. The van der Waals surface area contributed by atoms with Gasteiger partial charge >= 0.3 is 12.4 Å². The summed E-state index contributed by atoms with van der Waals surface area (Å²) in [5, 5.41) is 18.5. The number of amides is 2. The van der Waals surface area contributed by atoms with Crippen LogP contribution in [0.2, 0.25) is 0 Å². The third-order valence-corrected chi connectivity index (χ3v) is 4.48. The van der Waals surface area contributed by atoms with Gasteiger partial charge in [-0.25, -0.2) is 14.3 Å². The monoisotopic (exact) mass is 453 g/mol. The number of nitriles is 1. The van der Waals surface area contributed by atoms with E-state index in [1.165, 1.54) is 23.0 Å². The van der Waals surface area contributed by atoms with E-state index in [4.69, 9.17) is 5.73 Å². The van der Waals surface area contributed by atoms with E-state index < -0.39 is 18.1 Å². The van der Waals surface area contributed by atoms with Crippen LogP contribution in [0.1, 0.15) is 5.56 Å². The topological polar surface area (TPSA) is 130 Å². The average Bonchev–Trinajstić information content (AvgIpc) is 3.13. The lowest BCUT2D eigenvalue weighted by molar-refractivity contribution is -0.274. The molecule has 0 saturated carbocycles. The van der Waals surface area contributed by atoms with E-state index in [1.807, 2.05) is 0 Å². The second-order valence-electron chi connectivity index (χ2n) is 6.70. The predicted molar refractivity (Wildman–Crippen MR) is 113 cm³/mol. The van der Waals surface area contributed by atoms with Crippen molar-refractivity contribution >= 4 is 28.7 Å². The van der Waals surface area contributed by atoms with E-state index in [-0.39, 0.29) is 11.5 Å². The number of carbonyl (C=O) groups is 1. The zero-order valence-electron chi connectivity index (χ0n) is 16.6. The molecule has 0 fully saturated rings. The molecule has 2 heterocycles. The Hall–Kier alpha value is -4.79. The van der Waals surface area contributed by atoms with E-state index >= 15 is 0 Å². The number of hydrogen-bond acceptors (Lipinski definition) is 6. The number of hydrogen-bond donors (Lipinski definition) is 3. The lowest BCUT2D eigenvalue weighted by atomic mass is 10.0. The quantitative estimate of drug-likeness (QED) is 0.420. The van der Waals surface area contributed by atoms with E-state index in [1.54, 1.807) is 30.5 Å². The first kappa shape index (κ1) is 21.4. The van der Waals surface area contributed by atoms with Crippen molar-refractivity contribution in [2.45, 2.75) is 6.36 Å². The van der Waals surface area contributed by atoms with Crippen molar-refractivity contribution in [3.05, 3.63) is 66.6 Å². The number of carbonyl (C=O) groups excluding carboxylic acids is 1. The Balaban J connectivity index is 1.50. The van der Waals surface area contributed by atoms with Crippen molar-refractivity contribution in [3.63, 3.8) is 0 Å². The number of alkyl halides is 3. The number of anilines is 3. The van der Waals surface area contributed by atoms with Gasteiger partial charge in [0.2, 0.25) is 0 Å².